The van der Waals surface area contributed by atoms with Crippen molar-refractivity contribution < 1.29 is 14.5 Å². The standard InChI is InChI=1S/C21H16ClN5O4/c1-12(23)13-2-4-14(5-3-13)20(28)25-18-8-7-16(27(30)31)10-17(18)21(29)26-19-9-6-15(22)11-24-19/h2-11,23H,1H3,(H,25,28)(H,24,26,29). The molecule has 0 unspecified atom stereocenters. The summed E-state index contributed by atoms with van der Waals surface area (Å²) in [6, 6.07) is 12.9. The number of hydrogen-bond donors (Lipinski definition) is 3. The van der Waals surface area contributed by atoms with Crippen LogP contribution in [-0.4, -0.2) is 27.4 Å². The van der Waals surface area contributed by atoms with Crippen molar-refractivity contribution in [1.29, 1.82) is 5.41 Å². The van der Waals surface area contributed by atoms with Crippen molar-refractivity contribution in [3.8, 4) is 0 Å². The molecule has 1 heterocycles. The van der Waals surface area contributed by atoms with Crippen LogP contribution in [0, 0.1) is 15.5 Å². The number of non-ortho nitro benzene ring substituents is 1. The minimum absolute atomic E-state index is 0.0920. The minimum Gasteiger partial charge on any atom is -0.321 e. The quantitative estimate of drug-likeness (QED) is 0.295. The van der Waals surface area contributed by atoms with E-state index in [9.17, 15) is 19.7 Å². The second-order valence-electron chi connectivity index (χ2n) is 6.46. The maximum atomic E-state index is 12.8. The first-order valence-electron chi connectivity index (χ1n) is 8.93. The van der Waals surface area contributed by atoms with Crippen molar-refractivity contribution in [2.45, 2.75) is 6.92 Å². The predicted molar refractivity (Wildman–Crippen MR) is 117 cm³/mol. The Kier molecular flexibility index (Phi) is 6.37. The summed E-state index contributed by atoms with van der Waals surface area (Å²) in [5, 5.41) is 24.3. The molecule has 0 fully saturated rings. The highest BCUT2D eigenvalue weighted by Crippen LogP contribution is 2.24. The third-order valence-electron chi connectivity index (χ3n) is 4.26. The number of anilines is 2. The molecule has 0 bridgehead atoms. The summed E-state index contributed by atoms with van der Waals surface area (Å²) in [6.45, 7) is 1.63. The van der Waals surface area contributed by atoms with Crippen LogP contribution in [0.3, 0.4) is 0 Å². The second kappa shape index (κ2) is 9.14. The van der Waals surface area contributed by atoms with Crippen molar-refractivity contribution in [3.05, 3.63) is 92.6 Å². The van der Waals surface area contributed by atoms with Crippen molar-refractivity contribution >= 4 is 46.3 Å². The number of carbonyl (C=O) groups is 2. The van der Waals surface area contributed by atoms with Gasteiger partial charge in [0.15, 0.2) is 0 Å². The fourth-order valence-corrected chi connectivity index (χ4v) is 2.75. The summed E-state index contributed by atoms with van der Waals surface area (Å²) >= 11 is 5.78. The normalized spacial score (nSPS) is 10.3. The molecule has 0 saturated carbocycles. The van der Waals surface area contributed by atoms with Gasteiger partial charge in [0, 0.05) is 29.6 Å². The molecule has 0 saturated heterocycles. The van der Waals surface area contributed by atoms with Gasteiger partial charge in [-0.1, -0.05) is 23.7 Å². The van der Waals surface area contributed by atoms with E-state index in [-0.39, 0.29) is 22.8 Å². The molecule has 10 heteroatoms. The average molecular weight is 438 g/mol. The van der Waals surface area contributed by atoms with E-state index in [2.05, 4.69) is 15.6 Å². The van der Waals surface area contributed by atoms with Gasteiger partial charge in [-0.3, -0.25) is 19.7 Å². The third kappa shape index (κ3) is 5.28. The summed E-state index contributed by atoms with van der Waals surface area (Å²) in [5.74, 6) is -1.01. The van der Waals surface area contributed by atoms with E-state index in [1.165, 1.54) is 30.5 Å². The largest absolute Gasteiger partial charge is 0.321 e. The predicted octanol–water partition coefficient (Wildman–Crippen LogP) is 4.54. The van der Waals surface area contributed by atoms with Crippen LogP contribution in [-0.2, 0) is 0 Å². The second-order valence-corrected chi connectivity index (χ2v) is 6.90. The summed E-state index contributed by atoms with van der Waals surface area (Å²) in [4.78, 5) is 39.9. The van der Waals surface area contributed by atoms with Crippen LogP contribution in [0.4, 0.5) is 17.2 Å². The zero-order valence-electron chi connectivity index (χ0n) is 16.2. The van der Waals surface area contributed by atoms with Gasteiger partial charge in [-0.05, 0) is 42.8 Å². The molecular formula is C21H16ClN5O4. The lowest BCUT2D eigenvalue weighted by atomic mass is 10.1. The molecule has 0 aliphatic heterocycles. The maximum Gasteiger partial charge on any atom is 0.270 e. The molecule has 1 aromatic heterocycles. The number of amides is 2. The Morgan fingerprint density at radius 2 is 1.68 bits per heavy atom. The Bertz CT molecular complexity index is 1180. The van der Waals surface area contributed by atoms with Crippen LogP contribution in [0.2, 0.25) is 5.02 Å². The highest BCUT2D eigenvalue weighted by molar-refractivity contribution is 6.30. The number of rotatable bonds is 6. The zero-order chi connectivity index (χ0) is 22.5. The molecule has 0 spiro atoms. The number of hydrogen-bond acceptors (Lipinski definition) is 6. The third-order valence-corrected chi connectivity index (χ3v) is 4.48. The topological polar surface area (TPSA) is 138 Å². The van der Waals surface area contributed by atoms with Gasteiger partial charge in [0.25, 0.3) is 17.5 Å². The molecule has 0 aliphatic carbocycles. The molecular weight excluding hydrogens is 422 g/mol. The number of halogens is 1. The molecule has 2 amide bonds. The number of benzene rings is 2. The summed E-state index contributed by atoms with van der Waals surface area (Å²) in [7, 11) is 0. The van der Waals surface area contributed by atoms with E-state index in [0.717, 1.165) is 6.07 Å². The molecule has 9 nitrogen and oxygen atoms in total. The van der Waals surface area contributed by atoms with Crippen molar-refractivity contribution in [2.24, 2.45) is 0 Å². The number of nitro groups is 1. The van der Waals surface area contributed by atoms with Gasteiger partial charge in [0.05, 0.1) is 21.2 Å². The maximum absolute atomic E-state index is 12.8. The highest BCUT2D eigenvalue weighted by Gasteiger charge is 2.19. The van der Waals surface area contributed by atoms with Crippen LogP contribution >= 0.6 is 11.6 Å². The Labute approximate surface area is 181 Å². The smallest absolute Gasteiger partial charge is 0.270 e. The Morgan fingerprint density at radius 1 is 1.00 bits per heavy atom. The molecule has 0 radical (unpaired) electrons. The van der Waals surface area contributed by atoms with E-state index in [1.54, 1.807) is 31.2 Å². The molecule has 2 aromatic carbocycles. The van der Waals surface area contributed by atoms with Gasteiger partial charge in [0.1, 0.15) is 5.82 Å². The number of carbonyl (C=O) groups excluding carboxylic acids is 2. The minimum atomic E-state index is -0.691. The van der Waals surface area contributed by atoms with E-state index in [4.69, 9.17) is 17.0 Å². The Hall–Kier alpha value is -4.11. The number of nitrogens with one attached hydrogen (secondary N) is 3. The monoisotopic (exact) mass is 437 g/mol. The number of nitrogens with zero attached hydrogens (tertiary/aromatic N) is 2. The SMILES string of the molecule is CC(=N)c1ccc(C(=O)Nc2ccc([N+](=O)[O-])cc2C(=O)Nc2ccc(Cl)cn2)cc1. The summed E-state index contributed by atoms with van der Waals surface area (Å²) in [5.41, 5.74) is 1.01. The Morgan fingerprint density at radius 3 is 2.26 bits per heavy atom. The highest BCUT2D eigenvalue weighted by atomic mass is 35.5. The van der Waals surface area contributed by atoms with Gasteiger partial charge >= 0.3 is 0 Å². The van der Waals surface area contributed by atoms with E-state index >= 15 is 0 Å². The lowest BCUT2D eigenvalue weighted by molar-refractivity contribution is -0.384. The first-order valence-corrected chi connectivity index (χ1v) is 9.30. The number of pyridine rings is 1. The van der Waals surface area contributed by atoms with Crippen molar-refractivity contribution in [1.82, 2.24) is 4.98 Å². The average Bonchev–Trinajstić information content (AvgIpc) is 2.75. The van der Waals surface area contributed by atoms with Crippen LogP contribution in [0.15, 0.2) is 60.8 Å². The first-order chi connectivity index (χ1) is 14.7. The molecule has 156 valence electrons. The van der Waals surface area contributed by atoms with Gasteiger partial charge in [-0.25, -0.2) is 4.98 Å². The van der Waals surface area contributed by atoms with Gasteiger partial charge in [-0.15, -0.1) is 0 Å². The summed E-state index contributed by atoms with van der Waals surface area (Å²) in [6.07, 6.45) is 1.34. The lowest BCUT2D eigenvalue weighted by Crippen LogP contribution is -2.19. The van der Waals surface area contributed by atoms with Gasteiger partial charge in [0.2, 0.25) is 0 Å². The van der Waals surface area contributed by atoms with Gasteiger partial charge in [-0.2, -0.15) is 0 Å². The van der Waals surface area contributed by atoms with Crippen LogP contribution in [0.1, 0.15) is 33.2 Å². The van der Waals surface area contributed by atoms with E-state index < -0.39 is 16.7 Å². The van der Waals surface area contributed by atoms with E-state index in [0.29, 0.717) is 21.9 Å². The fourth-order valence-electron chi connectivity index (χ4n) is 2.64. The van der Waals surface area contributed by atoms with E-state index in [1.807, 2.05) is 0 Å². The fraction of sp³-hybridized carbons (Fsp3) is 0.0476. The lowest BCUT2D eigenvalue weighted by Gasteiger charge is -2.12. The van der Waals surface area contributed by atoms with Gasteiger partial charge < -0.3 is 16.0 Å². The first kappa shape index (κ1) is 21.6. The van der Waals surface area contributed by atoms with Crippen molar-refractivity contribution in [3.63, 3.8) is 0 Å². The number of nitro benzene ring substituents is 1. The molecule has 3 N–H and O–H groups in total. The zero-order valence-corrected chi connectivity index (χ0v) is 16.9. The Balaban J connectivity index is 1.89. The van der Waals surface area contributed by atoms with Crippen molar-refractivity contribution in [2.75, 3.05) is 10.6 Å². The molecule has 0 aliphatic rings. The molecule has 31 heavy (non-hydrogen) atoms. The summed E-state index contributed by atoms with van der Waals surface area (Å²) < 4.78 is 0. The molecule has 3 rings (SSSR count). The van der Waals surface area contributed by atoms with Crippen LogP contribution in [0.25, 0.3) is 0 Å². The number of aromatic nitrogens is 1. The molecule has 3 aromatic rings. The van der Waals surface area contributed by atoms with Crippen LogP contribution < -0.4 is 10.6 Å². The van der Waals surface area contributed by atoms with Crippen LogP contribution in [0.5, 0.6) is 0 Å². The molecule has 0 atom stereocenters.